The van der Waals surface area contributed by atoms with E-state index in [1.807, 2.05) is 49.4 Å². The van der Waals surface area contributed by atoms with Crippen molar-refractivity contribution in [1.29, 1.82) is 0 Å². The van der Waals surface area contributed by atoms with Crippen LogP contribution in [-0.4, -0.2) is 40.3 Å². The lowest BCUT2D eigenvalue weighted by Crippen LogP contribution is -2.41. The van der Waals surface area contributed by atoms with Gasteiger partial charge in [-0.15, -0.1) is 24.0 Å². The van der Waals surface area contributed by atoms with Gasteiger partial charge in [-0.05, 0) is 43.2 Å². The maximum Gasteiger partial charge on any atom is 0.191 e. The third-order valence-electron chi connectivity index (χ3n) is 3.96. The number of hydrogen-bond donors (Lipinski definition) is 2. The number of para-hydroxylation sites is 1. The summed E-state index contributed by atoms with van der Waals surface area (Å²) in [6.45, 7) is 4.93. The second-order valence-electron chi connectivity index (χ2n) is 6.42. The Labute approximate surface area is 184 Å². The number of rotatable bonds is 7. The van der Waals surface area contributed by atoms with Crippen LogP contribution >= 0.6 is 24.0 Å². The van der Waals surface area contributed by atoms with Gasteiger partial charge in [0.05, 0.1) is 11.4 Å². The van der Waals surface area contributed by atoms with Crippen molar-refractivity contribution < 1.29 is 13.2 Å². The molecule has 0 radical (unpaired) electrons. The molecule has 0 aromatic heterocycles. The molecule has 2 aromatic carbocycles. The van der Waals surface area contributed by atoms with Crippen molar-refractivity contribution in [3.8, 4) is 5.75 Å². The zero-order valence-corrected chi connectivity index (χ0v) is 19.7. The Bertz CT molecular complexity index is 887. The highest BCUT2D eigenvalue weighted by molar-refractivity contribution is 14.0. The lowest BCUT2D eigenvalue weighted by atomic mass is 10.1. The highest BCUT2D eigenvalue weighted by Crippen LogP contribution is 2.16. The van der Waals surface area contributed by atoms with Crippen molar-refractivity contribution in [3.05, 3.63) is 59.7 Å². The average Bonchev–Trinajstić information content (AvgIpc) is 2.61. The molecule has 1 unspecified atom stereocenters. The second kappa shape index (κ2) is 11.3. The smallest absolute Gasteiger partial charge is 0.191 e. The molecule has 0 saturated carbocycles. The fourth-order valence-corrected chi connectivity index (χ4v) is 3.62. The average molecular weight is 517 g/mol. The first-order chi connectivity index (χ1) is 12.8. The van der Waals surface area contributed by atoms with Gasteiger partial charge in [0.1, 0.15) is 11.9 Å². The molecule has 6 nitrogen and oxygen atoms in total. The number of benzene rings is 2. The van der Waals surface area contributed by atoms with E-state index in [-0.39, 0.29) is 30.1 Å². The number of nitrogens with one attached hydrogen (secondary N) is 2. The number of sulfone groups is 1. The minimum absolute atomic E-state index is 0. The summed E-state index contributed by atoms with van der Waals surface area (Å²) in [6.07, 6.45) is 1.19. The van der Waals surface area contributed by atoms with Crippen molar-refractivity contribution in [1.82, 2.24) is 10.6 Å². The zero-order valence-electron chi connectivity index (χ0n) is 16.6. The summed E-state index contributed by atoms with van der Waals surface area (Å²) in [5, 5.41) is 6.45. The maximum atomic E-state index is 11.7. The molecular formula is C20H28IN3O3S. The Morgan fingerprint density at radius 1 is 1.14 bits per heavy atom. The first-order valence-corrected chi connectivity index (χ1v) is 10.6. The molecular weight excluding hydrogens is 489 g/mol. The molecule has 0 aliphatic heterocycles. The van der Waals surface area contributed by atoms with E-state index < -0.39 is 9.84 Å². The summed E-state index contributed by atoms with van der Waals surface area (Å²) in [7, 11) is -1.50. The van der Waals surface area contributed by atoms with Crippen LogP contribution < -0.4 is 15.4 Å². The summed E-state index contributed by atoms with van der Waals surface area (Å²) < 4.78 is 29.2. The third-order valence-corrected chi connectivity index (χ3v) is 5.22. The number of hydrogen-bond acceptors (Lipinski definition) is 4. The quantitative estimate of drug-likeness (QED) is 0.335. The predicted molar refractivity (Wildman–Crippen MR) is 124 cm³/mol. The van der Waals surface area contributed by atoms with Crippen LogP contribution in [0.15, 0.2) is 58.4 Å². The number of aliphatic imine (C=N–C) groups is 1. The Balaban J connectivity index is 0.00000392. The Kier molecular flexibility index (Phi) is 9.74. The molecule has 0 bridgehead atoms. The molecule has 154 valence electrons. The standard InChI is InChI=1S/C20H27N3O3S.HI/c1-15-12-17(10-11-19(15)27(4,24)25)14-23-20(21-3)22-13-16(2)26-18-8-6-5-7-9-18;/h5-12,16H,13-14H2,1-4H3,(H2,21,22,23);1H. The van der Waals surface area contributed by atoms with Crippen molar-refractivity contribution >= 4 is 39.8 Å². The largest absolute Gasteiger partial charge is 0.489 e. The normalized spacial score (nSPS) is 12.6. The molecule has 2 N–H and O–H groups in total. The van der Waals surface area contributed by atoms with Crippen LogP contribution in [0.3, 0.4) is 0 Å². The van der Waals surface area contributed by atoms with E-state index in [0.29, 0.717) is 23.9 Å². The summed E-state index contributed by atoms with van der Waals surface area (Å²) in [6, 6.07) is 15.0. The number of nitrogens with zero attached hydrogens (tertiary/aromatic N) is 1. The molecule has 0 fully saturated rings. The Morgan fingerprint density at radius 3 is 2.39 bits per heavy atom. The van der Waals surface area contributed by atoms with Crippen LogP contribution in [0, 0.1) is 6.92 Å². The first kappa shape index (κ1) is 24.2. The number of guanidine groups is 1. The molecule has 2 rings (SSSR count). The monoisotopic (exact) mass is 517 g/mol. The van der Waals surface area contributed by atoms with Gasteiger partial charge in [-0.2, -0.15) is 0 Å². The molecule has 1 atom stereocenters. The topological polar surface area (TPSA) is 79.8 Å². The van der Waals surface area contributed by atoms with Gasteiger partial charge in [-0.25, -0.2) is 8.42 Å². The van der Waals surface area contributed by atoms with Gasteiger partial charge in [0.25, 0.3) is 0 Å². The third kappa shape index (κ3) is 7.67. The molecule has 0 aliphatic rings. The molecule has 0 saturated heterocycles. The molecule has 8 heteroatoms. The summed E-state index contributed by atoms with van der Waals surface area (Å²) in [5.74, 6) is 1.49. The first-order valence-electron chi connectivity index (χ1n) is 8.75. The van der Waals surface area contributed by atoms with Crippen LogP contribution in [0.5, 0.6) is 5.75 Å². The molecule has 0 heterocycles. The number of ether oxygens (including phenoxy) is 1. The molecule has 2 aromatic rings. The summed E-state index contributed by atoms with van der Waals surface area (Å²) in [4.78, 5) is 4.57. The number of halogens is 1. The lowest BCUT2D eigenvalue weighted by molar-refractivity contribution is 0.224. The van der Waals surface area contributed by atoms with E-state index in [1.165, 1.54) is 6.26 Å². The minimum atomic E-state index is -3.20. The van der Waals surface area contributed by atoms with Gasteiger partial charge < -0.3 is 15.4 Å². The molecule has 28 heavy (non-hydrogen) atoms. The fraction of sp³-hybridized carbons (Fsp3) is 0.350. The molecule has 0 aliphatic carbocycles. The minimum Gasteiger partial charge on any atom is -0.489 e. The Hall–Kier alpha value is -1.81. The van der Waals surface area contributed by atoms with Crippen LogP contribution in [0.25, 0.3) is 0 Å². The van der Waals surface area contributed by atoms with E-state index in [4.69, 9.17) is 4.74 Å². The van der Waals surface area contributed by atoms with Gasteiger partial charge in [-0.1, -0.05) is 30.3 Å². The molecule has 0 spiro atoms. The zero-order chi connectivity index (χ0) is 19.9. The van der Waals surface area contributed by atoms with E-state index >= 15 is 0 Å². The van der Waals surface area contributed by atoms with Crippen LogP contribution in [0.4, 0.5) is 0 Å². The van der Waals surface area contributed by atoms with Crippen LogP contribution in [0.2, 0.25) is 0 Å². The second-order valence-corrected chi connectivity index (χ2v) is 8.40. The predicted octanol–water partition coefficient (Wildman–Crippen LogP) is 3.15. The lowest BCUT2D eigenvalue weighted by Gasteiger charge is -2.18. The van der Waals surface area contributed by atoms with Gasteiger partial charge >= 0.3 is 0 Å². The van der Waals surface area contributed by atoms with E-state index in [2.05, 4.69) is 15.6 Å². The summed E-state index contributed by atoms with van der Waals surface area (Å²) in [5.41, 5.74) is 1.72. The van der Waals surface area contributed by atoms with Gasteiger partial charge in [-0.3, -0.25) is 4.99 Å². The SMILES string of the molecule is CN=C(NCc1ccc(S(C)(=O)=O)c(C)c1)NCC(C)Oc1ccccc1.I. The van der Waals surface area contributed by atoms with E-state index in [1.54, 1.807) is 20.0 Å². The Morgan fingerprint density at radius 2 is 1.82 bits per heavy atom. The van der Waals surface area contributed by atoms with Gasteiger partial charge in [0.2, 0.25) is 0 Å². The van der Waals surface area contributed by atoms with Gasteiger partial charge in [0.15, 0.2) is 15.8 Å². The van der Waals surface area contributed by atoms with Crippen molar-refractivity contribution in [2.75, 3.05) is 19.8 Å². The summed E-state index contributed by atoms with van der Waals surface area (Å²) >= 11 is 0. The highest BCUT2D eigenvalue weighted by atomic mass is 127. The van der Waals surface area contributed by atoms with Gasteiger partial charge in [0, 0.05) is 19.8 Å². The molecule has 0 amide bonds. The van der Waals surface area contributed by atoms with Crippen molar-refractivity contribution in [2.24, 2.45) is 4.99 Å². The van der Waals surface area contributed by atoms with Crippen molar-refractivity contribution in [3.63, 3.8) is 0 Å². The van der Waals surface area contributed by atoms with Crippen LogP contribution in [0.1, 0.15) is 18.1 Å². The maximum absolute atomic E-state index is 11.7. The highest BCUT2D eigenvalue weighted by Gasteiger charge is 2.11. The van der Waals surface area contributed by atoms with Crippen LogP contribution in [-0.2, 0) is 16.4 Å². The van der Waals surface area contributed by atoms with E-state index in [9.17, 15) is 8.42 Å². The number of aryl methyl sites for hydroxylation is 1. The van der Waals surface area contributed by atoms with Crippen molar-refractivity contribution in [2.45, 2.75) is 31.4 Å². The fourth-order valence-electron chi connectivity index (χ4n) is 2.66. The van der Waals surface area contributed by atoms with E-state index in [0.717, 1.165) is 16.9 Å².